The lowest BCUT2D eigenvalue weighted by Gasteiger charge is -2.35. The van der Waals surface area contributed by atoms with E-state index in [1.165, 1.54) is 0 Å². The minimum Gasteiger partial charge on any atom is -0.361 e. The molecule has 0 aliphatic carbocycles. The van der Waals surface area contributed by atoms with Crippen molar-refractivity contribution in [1.29, 1.82) is 0 Å². The third-order valence-electron chi connectivity index (χ3n) is 5.06. The van der Waals surface area contributed by atoms with Gasteiger partial charge in [-0.25, -0.2) is 0 Å². The summed E-state index contributed by atoms with van der Waals surface area (Å²) in [7, 11) is 0. The Kier molecular flexibility index (Phi) is 4.48. The summed E-state index contributed by atoms with van der Waals surface area (Å²) in [6.45, 7) is 8.92. The number of nitrogens with zero attached hydrogens (tertiary/aromatic N) is 7. The summed E-state index contributed by atoms with van der Waals surface area (Å²) < 4.78 is 45.6. The number of halogens is 3. The van der Waals surface area contributed by atoms with Gasteiger partial charge in [0.05, 0.1) is 5.69 Å². The summed E-state index contributed by atoms with van der Waals surface area (Å²) in [6, 6.07) is 1.90. The second-order valence-electron chi connectivity index (χ2n) is 7.02. The molecule has 0 N–H and O–H groups in total. The summed E-state index contributed by atoms with van der Waals surface area (Å²) >= 11 is 0. The number of alkyl halides is 3. The van der Waals surface area contributed by atoms with Crippen molar-refractivity contribution in [2.75, 3.05) is 31.1 Å². The number of hydrogen-bond acceptors (Lipinski definition) is 7. The van der Waals surface area contributed by atoms with Gasteiger partial charge in [-0.05, 0) is 20.8 Å². The minimum atomic E-state index is -4.61. The summed E-state index contributed by atoms with van der Waals surface area (Å²) in [4.78, 5) is 4.24. The Morgan fingerprint density at radius 3 is 2.36 bits per heavy atom. The van der Waals surface area contributed by atoms with Gasteiger partial charge in [0.15, 0.2) is 11.5 Å². The molecule has 1 fully saturated rings. The number of anilines is 1. The number of rotatable bonds is 3. The minimum absolute atomic E-state index is 0.133. The van der Waals surface area contributed by atoms with Gasteiger partial charge in [0.1, 0.15) is 5.76 Å². The van der Waals surface area contributed by atoms with Crippen molar-refractivity contribution < 1.29 is 17.7 Å². The maximum Gasteiger partial charge on any atom is 0.453 e. The lowest BCUT2D eigenvalue weighted by molar-refractivity contribution is -0.146. The Morgan fingerprint density at radius 2 is 1.75 bits per heavy atom. The molecule has 4 rings (SSSR count). The normalized spacial score (nSPS) is 16.3. The van der Waals surface area contributed by atoms with Crippen LogP contribution in [0.2, 0.25) is 0 Å². The van der Waals surface area contributed by atoms with E-state index < -0.39 is 12.0 Å². The number of fused-ring (bicyclic) bond motifs is 1. The van der Waals surface area contributed by atoms with Gasteiger partial charge >= 0.3 is 6.18 Å². The first-order chi connectivity index (χ1) is 13.2. The molecule has 11 heteroatoms. The van der Waals surface area contributed by atoms with Crippen LogP contribution in [-0.2, 0) is 12.7 Å². The fraction of sp³-hybridized carbons (Fsp3) is 0.529. The van der Waals surface area contributed by atoms with Crippen molar-refractivity contribution in [2.24, 2.45) is 0 Å². The standard InChI is InChI=1S/C17H20F3N7O/c1-10-8-13(24-28-10)9-25-4-6-26(7-5-25)15-12(3)11(2)14-21-22-16(17(18,19)20)27(14)23-15/h8H,4-7,9H2,1-3H3. The topological polar surface area (TPSA) is 75.6 Å². The van der Waals surface area contributed by atoms with Crippen LogP contribution in [0.4, 0.5) is 19.0 Å². The quantitative estimate of drug-likeness (QED) is 0.674. The van der Waals surface area contributed by atoms with Gasteiger partial charge < -0.3 is 9.42 Å². The van der Waals surface area contributed by atoms with Crippen LogP contribution in [0.15, 0.2) is 10.6 Å². The lowest BCUT2D eigenvalue weighted by atomic mass is 10.1. The first kappa shape index (κ1) is 18.7. The first-order valence-corrected chi connectivity index (χ1v) is 8.93. The molecular weight excluding hydrogens is 375 g/mol. The highest BCUT2D eigenvalue weighted by Gasteiger charge is 2.38. The number of aryl methyl sites for hydroxylation is 2. The van der Waals surface area contributed by atoms with Crippen LogP contribution in [0, 0.1) is 20.8 Å². The zero-order valence-electron chi connectivity index (χ0n) is 15.8. The molecule has 1 aliphatic rings. The predicted octanol–water partition coefficient (Wildman–Crippen LogP) is 2.38. The molecule has 3 aromatic rings. The average molecular weight is 395 g/mol. The molecular formula is C17H20F3N7O. The zero-order valence-corrected chi connectivity index (χ0v) is 15.8. The van der Waals surface area contributed by atoms with Gasteiger partial charge in [0.2, 0.25) is 0 Å². The van der Waals surface area contributed by atoms with E-state index in [1.54, 1.807) is 6.92 Å². The molecule has 0 spiro atoms. The molecule has 4 heterocycles. The van der Waals surface area contributed by atoms with Crippen LogP contribution < -0.4 is 4.90 Å². The summed E-state index contributed by atoms with van der Waals surface area (Å²) in [5.41, 5.74) is 2.47. The van der Waals surface area contributed by atoms with Crippen LogP contribution in [0.1, 0.15) is 28.4 Å². The lowest BCUT2D eigenvalue weighted by Crippen LogP contribution is -2.46. The van der Waals surface area contributed by atoms with E-state index in [0.29, 0.717) is 31.0 Å². The van der Waals surface area contributed by atoms with Crippen molar-refractivity contribution in [2.45, 2.75) is 33.5 Å². The van der Waals surface area contributed by atoms with Crippen molar-refractivity contribution in [3.05, 3.63) is 34.5 Å². The Bertz CT molecular complexity index is 1000. The molecule has 1 saturated heterocycles. The van der Waals surface area contributed by atoms with Crippen LogP contribution in [0.5, 0.6) is 0 Å². The fourth-order valence-corrected chi connectivity index (χ4v) is 3.43. The third-order valence-corrected chi connectivity index (χ3v) is 5.06. The van der Waals surface area contributed by atoms with Crippen LogP contribution >= 0.6 is 0 Å². The monoisotopic (exact) mass is 395 g/mol. The van der Waals surface area contributed by atoms with Gasteiger partial charge in [-0.3, -0.25) is 4.90 Å². The maximum atomic E-state index is 13.2. The molecule has 0 bridgehead atoms. The average Bonchev–Trinajstić information content (AvgIpc) is 3.25. The van der Waals surface area contributed by atoms with Gasteiger partial charge in [0, 0.05) is 49.9 Å². The molecule has 0 radical (unpaired) electrons. The van der Waals surface area contributed by atoms with E-state index in [0.717, 1.165) is 34.6 Å². The Labute approximate surface area is 158 Å². The fourth-order valence-electron chi connectivity index (χ4n) is 3.43. The van der Waals surface area contributed by atoms with Crippen LogP contribution in [-0.4, -0.2) is 56.0 Å². The van der Waals surface area contributed by atoms with E-state index in [1.807, 2.05) is 24.8 Å². The van der Waals surface area contributed by atoms with Crippen molar-refractivity contribution in [3.63, 3.8) is 0 Å². The largest absolute Gasteiger partial charge is 0.453 e. The van der Waals surface area contributed by atoms with Crippen molar-refractivity contribution in [1.82, 2.24) is 29.9 Å². The maximum absolute atomic E-state index is 13.2. The highest BCUT2D eigenvalue weighted by Crippen LogP contribution is 2.30. The Balaban J connectivity index is 1.57. The molecule has 8 nitrogen and oxygen atoms in total. The molecule has 0 atom stereocenters. The summed E-state index contributed by atoms with van der Waals surface area (Å²) in [6.07, 6.45) is -4.61. The molecule has 150 valence electrons. The highest BCUT2D eigenvalue weighted by molar-refractivity contribution is 5.59. The number of aromatic nitrogens is 5. The van der Waals surface area contributed by atoms with Crippen LogP contribution in [0.3, 0.4) is 0 Å². The van der Waals surface area contributed by atoms with Crippen LogP contribution in [0.25, 0.3) is 5.65 Å². The van der Waals surface area contributed by atoms with E-state index >= 15 is 0 Å². The second kappa shape index (κ2) is 6.73. The number of hydrogen-bond donors (Lipinski definition) is 0. The van der Waals surface area contributed by atoms with Crippen molar-refractivity contribution in [3.8, 4) is 0 Å². The van der Waals surface area contributed by atoms with Gasteiger partial charge in [-0.15, -0.1) is 15.3 Å². The SMILES string of the molecule is Cc1cc(CN2CCN(c3nn4c(C(F)(F)F)nnc4c(C)c3C)CC2)no1. The zero-order chi connectivity index (χ0) is 20.1. The van der Waals surface area contributed by atoms with Gasteiger partial charge in [0.25, 0.3) is 5.82 Å². The molecule has 3 aromatic heterocycles. The molecule has 1 aliphatic heterocycles. The Hall–Kier alpha value is -2.69. The second-order valence-corrected chi connectivity index (χ2v) is 7.02. The first-order valence-electron chi connectivity index (χ1n) is 8.93. The van der Waals surface area contributed by atoms with E-state index in [9.17, 15) is 13.2 Å². The third kappa shape index (κ3) is 3.30. The molecule has 28 heavy (non-hydrogen) atoms. The number of piperazine rings is 1. The molecule has 0 unspecified atom stereocenters. The molecule has 0 amide bonds. The predicted molar refractivity (Wildman–Crippen MR) is 94.0 cm³/mol. The molecule has 0 aromatic carbocycles. The summed E-state index contributed by atoms with van der Waals surface area (Å²) in [5, 5.41) is 15.2. The Morgan fingerprint density at radius 1 is 1.04 bits per heavy atom. The van der Waals surface area contributed by atoms with E-state index in [-0.39, 0.29) is 5.65 Å². The molecule has 0 saturated carbocycles. The van der Waals surface area contributed by atoms with E-state index in [4.69, 9.17) is 4.52 Å². The summed E-state index contributed by atoms with van der Waals surface area (Å²) in [5.74, 6) is 0.200. The van der Waals surface area contributed by atoms with Gasteiger partial charge in [-0.1, -0.05) is 5.16 Å². The highest BCUT2D eigenvalue weighted by atomic mass is 19.4. The van der Waals surface area contributed by atoms with Crippen molar-refractivity contribution >= 4 is 11.5 Å². The smallest absolute Gasteiger partial charge is 0.361 e. The van der Waals surface area contributed by atoms with E-state index in [2.05, 4.69) is 25.4 Å². The van der Waals surface area contributed by atoms with Gasteiger partial charge in [-0.2, -0.15) is 17.7 Å².